The van der Waals surface area contributed by atoms with Gasteiger partial charge in [-0.2, -0.15) is 0 Å². The minimum absolute atomic E-state index is 0.199. The molecule has 0 amide bonds. The van der Waals surface area contributed by atoms with Gasteiger partial charge in [0.2, 0.25) is 0 Å². The number of rotatable bonds is 4. The van der Waals surface area contributed by atoms with Gasteiger partial charge in [0, 0.05) is 7.11 Å². The Morgan fingerprint density at radius 3 is 3.14 bits per heavy atom. The third kappa shape index (κ3) is 1.75. The van der Waals surface area contributed by atoms with Gasteiger partial charge in [0.15, 0.2) is 0 Å². The smallest absolute Gasteiger partial charge is 0.101 e. The Balaban J connectivity index is 2.11. The molecule has 1 fully saturated rings. The topological polar surface area (TPSA) is 49.2 Å². The Kier molecular flexibility index (Phi) is 3.00. The molecule has 0 saturated carbocycles. The third-order valence-electron chi connectivity index (χ3n) is 2.20. The highest BCUT2D eigenvalue weighted by molar-refractivity contribution is 6.20. The van der Waals surface area contributed by atoms with Crippen LogP contribution in [0, 0.1) is 0 Å². The molecule has 0 aliphatic carbocycles. The standard InChI is InChI=1S/C8H12ClN3O2/c1-13-5-7(9)8-2-10-11-12(8)6-3-14-4-6/h2,6-7H,3-5H2,1H3. The van der Waals surface area contributed by atoms with Crippen molar-refractivity contribution in [3.63, 3.8) is 0 Å². The van der Waals surface area contributed by atoms with Crippen molar-refractivity contribution in [2.45, 2.75) is 11.4 Å². The summed E-state index contributed by atoms with van der Waals surface area (Å²) >= 11 is 6.11. The number of halogens is 1. The van der Waals surface area contributed by atoms with Crippen molar-refractivity contribution in [2.75, 3.05) is 26.9 Å². The number of hydrogen-bond donors (Lipinski definition) is 0. The maximum Gasteiger partial charge on any atom is 0.101 e. The van der Waals surface area contributed by atoms with Crippen molar-refractivity contribution in [3.05, 3.63) is 11.9 Å². The van der Waals surface area contributed by atoms with Crippen molar-refractivity contribution in [1.82, 2.24) is 15.0 Å². The number of aromatic nitrogens is 3. The lowest BCUT2D eigenvalue weighted by atomic mass is 10.2. The number of nitrogens with zero attached hydrogens (tertiary/aromatic N) is 3. The molecule has 1 unspecified atom stereocenters. The van der Waals surface area contributed by atoms with Crippen LogP contribution in [0.25, 0.3) is 0 Å². The van der Waals surface area contributed by atoms with Crippen molar-refractivity contribution < 1.29 is 9.47 Å². The van der Waals surface area contributed by atoms with Crippen LogP contribution >= 0.6 is 11.6 Å². The summed E-state index contributed by atoms with van der Waals surface area (Å²) in [5.41, 5.74) is 0.891. The van der Waals surface area contributed by atoms with Crippen LogP contribution < -0.4 is 0 Å². The molecule has 0 aromatic carbocycles. The number of methoxy groups -OCH3 is 1. The van der Waals surface area contributed by atoms with Gasteiger partial charge in [0.25, 0.3) is 0 Å². The summed E-state index contributed by atoms with van der Waals surface area (Å²) < 4.78 is 11.9. The molecule has 6 heteroatoms. The predicted molar refractivity (Wildman–Crippen MR) is 50.3 cm³/mol. The second kappa shape index (κ2) is 4.25. The van der Waals surface area contributed by atoms with Crippen molar-refractivity contribution in [2.24, 2.45) is 0 Å². The molecule has 1 aromatic rings. The lowest BCUT2D eigenvalue weighted by Crippen LogP contribution is -2.33. The zero-order valence-corrected chi connectivity index (χ0v) is 8.65. The van der Waals surface area contributed by atoms with Crippen LogP contribution in [0.15, 0.2) is 6.20 Å². The number of alkyl halides is 1. The molecule has 1 aromatic heterocycles. The van der Waals surface area contributed by atoms with E-state index in [1.165, 1.54) is 0 Å². The molecular formula is C8H12ClN3O2. The van der Waals surface area contributed by atoms with Gasteiger partial charge >= 0.3 is 0 Å². The van der Waals surface area contributed by atoms with E-state index in [1.54, 1.807) is 13.3 Å². The van der Waals surface area contributed by atoms with Crippen molar-refractivity contribution in [1.29, 1.82) is 0 Å². The molecule has 2 heterocycles. The molecule has 1 atom stereocenters. The first-order valence-electron chi connectivity index (χ1n) is 4.43. The SMILES string of the molecule is COCC(Cl)c1cnnn1C1COC1. The average molecular weight is 218 g/mol. The third-order valence-corrected chi connectivity index (χ3v) is 2.55. The summed E-state index contributed by atoms with van der Waals surface area (Å²) in [6.07, 6.45) is 1.68. The van der Waals surface area contributed by atoms with Gasteiger partial charge < -0.3 is 9.47 Å². The fourth-order valence-electron chi connectivity index (χ4n) is 1.36. The van der Waals surface area contributed by atoms with Crippen LogP contribution in [-0.4, -0.2) is 41.9 Å². The van der Waals surface area contributed by atoms with Crippen LogP contribution in [-0.2, 0) is 9.47 Å². The molecule has 1 saturated heterocycles. The molecule has 0 bridgehead atoms. The lowest BCUT2D eigenvalue weighted by molar-refractivity contribution is -0.0309. The van der Waals surface area contributed by atoms with E-state index in [0.29, 0.717) is 19.8 Å². The van der Waals surface area contributed by atoms with Crippen LogP contribution in [0.2, 0.25) is 0 Å². The van der Waals surface area contributed by atoms with E-state index in [2.05, 4.69) is 10.3 Å². The van der Waals surface area contributed by atoms with E-state index >= 15 is 0 Å². The maximum absolute atomic E-state index is 6.11. The summed E-state index contributed by atoms with van der Waals surface area (Å²) in [5.74, 6) is 0. The highest BCUT2D eigenvalue weighted by atomic mass is 35.5. The van der Waals surface area contributed by atoms with Crippen molar-refractivity contribution in [3.8, 4) is 0 Å². The van der Waals surface area contributed by atoms with E-state index in [0.717, 1.165) is 5.69 Å². The van der Waals surface area contributed by atoms with E-state index in [9.17, 15) is 0 Å². The molecule has 1 aliphatic heterocycles. The van der Waals surface area contributed by atoms with Gasteiger partial charge in [-0.05, 0) is 0 Å². The van der Waals surface area contributed by atoms with Gasteiger partial charge in [0.1, 0.15) is 11.4 Å². The van der Waals surface area contributed by atoms with E-state index in [4.69, 9.17) is 21.1 Å². The zero-order valence-electron chi connectivity index (χ0n) is 7.89. The first-order chi connectivity index (χ1) is 6.83. The predicted octanol–water partition coefficient (Wildman–Crippen LogP) is 0.776. The van der Waals surface area contributed by atoms with E-state index in [-0.39, 0.29) is 11.4 Å². The minimum atomic E-state index is -0.199. The second-order valence-electron chi connectivity index (χ2n) is 3.22. The first-order valence-corrected chi connectivity index (χ1v) is 4.87. The fourth-order valence-corrected chi connectivity index (χ4v) is 1.64. The zero-order chi connectivity index (χ0) is 9.97. The monoisotopic (exact) mass is 217 g/mol. The summed E-state index contributed by atoms with van der Waals surface area (Å²) in [6, 6.07) is 0.283. The van der Waals surface area contributed by atoms with Crippen LogP contribution in [0.4, 0.5) is 0 Å². The second-order valence-corrected chi connectivity index (χ2v) is 3.74. The lowest BCUT2D eigenvalue weighted by Gasteiger charge is -2.27. The molecule has 5 nitrogen and oxygen atoms in total. The Bertz CT molecular complexity index is 301. The summed E-state index contributed by atoms with van der Waals surface area (Å²) in [4.78, 5) is 0. The van der Waals surface area contributed by atoms with Crippen LogP contribution in [0.3, 0.4) is 0 Å². The Morgan fingerprint density at radius 2 is 2.57 bits per heavy atom. The van der Waals surface area contributed by atoms with Gasteiger partial charge in [-0.15, -0.1) is 16.7 Å². The minimum Gasteiger partial charge on any atom is -0.383 e. The number of hydrogen-bond acceptors (Lipinski definition) is 4. The highest BCUT2D eigenvalue weighted by Gasteiger charge is 2.26. The first kappa shape index (κ1) is 9.89. The van der Waals surface area contributed by atoms with Crippen LogP contribution in [0.5, 0.6) is 0 Å². The maximum atomic E-state index is 6.11. The highest BCUT2D eigenvalue weighted by Crippen LogP contribution is 2.25. The Labute approximate surface area is 86.9 Å². The molecule has 14 heavy (non-hydrogen) atoms. The van der Waals surface area contributed by atoms with Crippen molar-refractivity contribution >= 4 is 11.6 Å². The summed E-state index contributed by atoms with van der Waals surface area (Å²) in [6.45, 7) is 1.84. The normalized spacial score (nSPS) is 19.3. The Hall–Kier alpha value is -0.650. The van der Waals surface area contributed by atoms with E-state index in [1.807, 2.05) is 4.68 Å². The van der Waals surface area contributed by atoms with Gasteiger partial charge in [-0.3, -0.25) is 0 Å². The van der Waals surface area contributed by atoms with Gasteiger partial charge in [-0.25, -0.2) is 4.68 Å². The quantitative estimate of drug-likeness (QED) is 0.700. The molecule has 0 radical (unpaired) electrons. The summed E-state index contributed by atoms with van der Waals surface area (Å²) in [5, 5.41) is 7.64. The van der Waals surface area contributed by atoms with Gasteiger partial charge in [-0.1, -0.05) is 5.21 Å². The summed E-state index contributed by atoms with van der Waals surface area (Å²) in [7, 11) is 1.62. The molecule has 0 spiro atoms. The molecule has 78 valence electrons. The van der Waals surface area contributed by atoms with Crippen LogP contribution in [0.1, 0.15) is 17.1 Å². The largest absolute Gasteiger partial charge is 0.383 e. The Morgan fingerprint density at radius 1 is 1.79 bits per heavy atom. The average Bonchev–Trinajstić information content (AvgIpc) is 2.50. The van der Waals surface area contributed by atoms with Gasteiger partial charge in [0.05, 0.1) is 31.7 Å². The number of ether oxygens (including phenoxy) is 2. The van der Waals surface area contributed by atoms with E-state index < -0.39 is 0 Å². The molecule has 2 rings (SSSR count). The molecule has 0 N–H and O–H groups in total. The fraction of sp³-hybridized carbons (Fsp3) is 0.750. The molecule has 1 aliphatic rings. The molecular weight excluding hydrogens is 206 g/mol.